The number of fused-ring (bicyclic) bond motifs is 1. The molecule has 0 N–H and O–H groups in total. The summed E-state index contributed by atoms with van der Waals surface area (Å²) in [6, 6.07) is 9.00. The fraction of sp³-hybridized carbons (Fsp3) is 0.278. The van der Waals surface area contributed by atoms with Crippen LogP contribution in [0.15, 0.2) is 53.4 Å². The minimum absolute atomic E-state index is 0.0721. The molecule has 0 aliphatic carbocycles. The van der Waals surface area contributed by atoms with E-state index in [0.29, 0.717) is 6.07 Å². The van der Waals surface area contributed by atoms with E-state index in [2.05, 4.69) is 0 Å². The fourth-order valence-corrected chi connectivity index (χ4v) is 4.75. The Balaban J connectivity index is 2.15. The maximum absolute atomic E-state index is 13.4. The average Bonchev–Trinajstić information content (AvgIpc) is 2.65. The molecule has 0 aromatic heterocycles. The number of benzene rings is 2. The summed E-state index contributed by atoms with van der Waals surface area (Å²) in [5, 5.41) is 0. The van der Waals surface area contributed by atoms with Gasteiger partial charge in [0.25, 0.3) is 10.0 Å². The van der Waals surface area contributed by atoms with Crippen LogP contribution in [0.3, 0.4) is 0 Å². The second-order valence-corrected chi connectivity index (χ2v) is 7.81. The molecule has 0 radical (unpaired) electrons. The number of nitrogens with zero attached hydrogens (tertiary/aromatic N) is 1. The molecule has 2 aromatic carbocycles. The molecule has 1 aliphatic heterocycles. The van der Waals surface area contributed by atoms with Crippen LogP contribution in [-0.4, -0.2) is 33.6 Å². The SMILES string of the molecule is CC(=O)OCC1COc2ccccc2N1S(=O)(=O)c1ccccc1C(F)(F)F. The topological polar surface area (TPSA) is 72.9 Å². The number of rotatable bonds is 4. The standard InChI is InChI=1S/C18H16F3NO5S/c1-12(23)26-10-13-11-27-16-8-4-3-7-15(16)22(13)28(24,25)17-9-5-2-6-14(17)18(19,20)21/h2-9,13H,10-11H2,1H3. The summed E-state index contributed by atoms with van der Waals surface area (Å²) in [7, 11) is -4.64. The van der Waals surface area contributed by atoms with Crippen molar-refractivity contribution in [3.63, 3.8) is 0 Å². The molecular formula is C18H16F3NO5S. The Labute approximate surface area is 159 Å². The lowest BCUT2D eigenvalue weighted by atomic mass is 10.2. The Morgan fingerprint density at radius 3 is 2.50 bits per heavy atom. The van der Waals surface area contributed by atoms with Gasteiger partial charge in [-0.2, -0.15) is 13.2 Å². The minimum Gasteiger partial charge on any atom is -0.489 e. The number of carbonyl (C=O) groups is 1. The van der Waals surface area contributed by atoms with Crippen molar-refractivity contribution in [2.45, 2.75) is 24.0 Å². The fourth-order valence-electron chi connectivity index (χ4n) is 2.90. The third-order valence-corrected chi connectivity index (χ3v) is 6.00. The molecule has 1 unspecified atom stereocenters. The number of hydrogen-bond donors (Lipinski definition) is 0. The normalized spacial score (nSPS) is 16.9. The first-order valence-corrected chi connectivity index (χ1v) is 9.62. The van der Waals surface area contributed by atoms with Crippen molar-refractivity contribution in [1.82, 2.24) is 0 Å². The first-order valence-electron chi connectivity index (χ1n) is 8.18. The summed E-state index contributed by atoms with van der Waals surface area (Å²) in [4.78, 5) is 10.3. The first-order chi connectivity index (χ1) is 13.1. The molecule has 0 amide bonds. The summed E-state index contributed by atoms with van der Waals surface area (Å²) in [6.07, 6.45) is -4.86. The van der Waals surface area contributed by atoms with Crippen LogP contribution in [0.25, 0.3) is 0 Å². The molecule has 0 bridgehead atoms. The van der Waals surface area contributed by atoms with E-state index in [1.807, 2.05) is 0 Å². The summed E-state index contributed by atoms with van der Waals surface area (Å²) >= 11 is 0. The molecule has 10 heteroatoms. The smallest absolute Gasteiger partial charge is 0.417 e. The molecule has 1 atom stereocenters. The second-order valence-electron chi connectivity index (χ2n) is 6.03. The van der Waals surface area contributed by atoms with Crippen LogP contribution in [0.2, 0.25) is 0 Å². The number of sulfonamides is 1. The minimum atomic E-state index is -4.86. The first kappa shape index (κ1) is 20.0. The molecule has 0 saturated carbocycles. The van der Waals surface area contributed by atoms with Crippen molar-refractivity contribution in [2.75, 3.05) is 17.5 Å². The summed E-state index contributed by atoms with van der Waals surface area (Å²) in [5.74, 6) is -0.443. The number of alkyl halides is 3. The highest BCUT2D eigenvalue weighted by molar-refractivity contribution is 7.93. The quantitative estimate of drug-likeness (QED) is 0.717. The van der Waals surface area contributed by atoms with E-state index in [0.717, 1.165) is 23.4 Å². The second kappa shape index (κ2) is 7.34. The third kappa shape index (κ3) is 3.77. The number of anilines is 1. The highest BCUT2D eigenvalue weighted by Crippen LogP contribution is 2.41. The molecule has 0 spiro atoms. The number of carbonyl (C=O) groups excluding carboxylic acids is 1. The molecule has 28 heavy (non-hydrogen) atoms. The predicted octanol–water partition coefficient (Wildman–Crippen LogP) is 3.22. The van der Waals surface area contributed by atoms with Gasteiger partial charge in [-0.05, 0) is 24.3 Å². The van der Waals surface area contributed by atoms with Gasteiger partial charge in [0, 0.05) is 6.92 Å². The van der Waals surface area contributed by atoms with Gasteiger partial charge in [0.2, 0.25) is 0 Å². The van der Waals surface area contributed by atoms with E-state index < -0.39 is 38.7 Å². The largest absolute Gasteiger partial charge is 0.489 e. The van der Waals surface area contributed by atoms with E-state index >= 15 is 0 Å². The van der Waals surface area contributed by atoms with Gasteiger partial charge in [-0.15, -0.1) is 0 Å². The molecule has 2 aromatic rings. The molecule has 6 nitrogen and oxygen atoms in total. The Morgan fingerprint density at radius 2 is 1.82 bits per heavy atom. The van der Waals surface area contributed by atoms with Gasteiger partial charge in [-0.25, -0.2) is 8.42 Å². The predicted molar refractivity (Wildman–Crippen MR) is 93.5 cm³/mol. The number of ether oxygens (including phenoxy) is 2. The Morgan fingerprint density at radius 1 is 1.18 bits per heavy atom. The number of para-hydroxylation sites is 2. The molecule has 1 heterocycles. The average molecular weight is 415 g/mol. The van der Waals surface area contributed by atoms with Crippen molar-refractivity contribution in [3.05, 3.63) is 54.1 Å². The number of halogens is 3. The Kier molecular flexibility index (Phi) is 5.24. The van der Waals surface area contributed by atoms with Crippen LogP contribution in [0.4, 0.5) is 18.9 Å². The highest BCUT2D eigenvalue weighted by Gasteiger charge is 2.43. The van der Waals surface area contributed by atoms with Crippen molar-refractivity contribution < 1.29 is 35.9 Å². The molecule has 0 saturated heterocycles. The van der Waals surface area contributed by atoms with Gasteiger partial charge in [0.15, 0.2) is 0 Å². The molecular weight excluding hydrogens is 399 g/mol. The third-order valence-electron chi connectivity index (χ3n) is 4.07. The Bertz CT molecular complexity index is 991. The summed E-state index contributed by atoms with van der Waals surface area (Å²) < 4.78 is 78.1. The van der Waals surface area contributed by atoms with Crippen LogP contribution >= 0.6 is 0 Å². The van der Waals surface area contributed by atoms with Crippen molar-refractivity contribution in [3.8, 4) is 5.75 Å². The van der Waals surface area contributed by atoms with Crippen LogP contribution in [0.5, 0.6) is 5.75 Å². The molecule has 150 valence electrons. The molecule has 3 rings (SSSR count). The van der Waals surface area contributed by atoms with Crippen LogP contribution in [0, 0.1) is 0 Å². The van der Waals surface area contributed by atoms with Crippen molar-refractivity contribution in [1.29, 1.82) is 0 Å². The van der Waals surface area contributed by atoms with E-state index in [1.54, 1.807) is 6.07 Å². The van der Waals surface area contributed by atoms with Crippen LogP contribution < -0.4 is 9.04 Å². The van der Waals surface area contributed by atoms with Crippen molar-refractivity contribution in [2.24, 2.45) is 0 Å². The van der Waals surface area contributed by atoms with Gasteiger partial charge >= 0.3 is 12.1 Å². The van der Waals surface area contributed by atoms with Gasteiger partial charge in [0.05, 0.1) is 16.1 Å². The van der Waals surface area contributed by atoms with Gasteiger partial charge in [0.1, 0.15) is 25.0 Å². The Hall–Kier alpha value is -2.75. The van der Waals surface area contributed by atoms with E-state index in [9.17, 15) is 26.4 Å². The zero-order valence-corrected chi connectivity index (χ0v) is 15.5. The zero-order valence-electron chi connectivity index (χ0n) is 14.6. The van der Waals surface area contributed by atoms with Gasteiger partial charge in [-0.3, -0.25) is 9.10 Å². The van der Waals surface area contributed by atoms with Crippen LogP contribution in [0.1, 0.15) is 12.5 Å². The lowest BCUT2D eigenvalue weighted by Crippen LogP contribution is -2.49. The van der Waals surface area contributed by atoms with E-state index in [1.165, 1.54) is 24.3 Å². The lowest BCUT2D eigenvalue weighted by Gasteiger charge is -2.37. The van der Waals surface area contributed by atoms with Crippen molar-refractivity contribution >= 4 is 21.7 Å². The monoisotopic (exact) mass is 415 g/mol. The summed E-state index contributed by atoms with van der Waals surface area (Å²) in [5.41, 5.74) is -1.20. The molecule has 1 aliphatic rings. The maximum atomic E-state index is 13.4. The molecule has 0 fully saturated rings. The number of esters is 1. The maximum Gasteiger partial charge on any atom is 0.417 e. The van der Waals surface area contributed by atoms with Crippen LogP contribution in [-0.2, 0) is 25.7 Å². The number of hydrogen-bond acceptors (Lipinski definition) is 5. The lowest BCUT2D eigenvalue weighted by molar-refractivity contribution is -0.141. The van der Waals surface area contributed by atoms with Gasteiger partial charge < -0.3 is 9.47 Å². The van der Waals surface area contributed by atoms with E-state index in [4.69, 9.17) is 9.47 Å². The summed E-state index contributed by atoms with van der Waals surface area (Å²) in [6.45, 7) is 0.601. The zero-order chi connectivity index (χ0) is 20.5. The van der Waals surface area contributed by atoms with E-state index in [-0.39, 0.29) is 24.7 Å². The highest BCUT2D eigenvalue weighted by atomic mass is 32.2. The van der Waals surface area contributed by atoms with Gasteiger partial charge in [-0.1, -0.05) is 24.3 Å².